The van der Waals surface area contributed by atoms with Crippen molar-refractivity contribution >= 4 is 35.1 Å². The van der Waals surface area contributed by atoms with Crippen LogP contribution in [-0.4, -0.2) is 54.5 Å². The molecule has 1 aromatic carbocycles. The molecule has 0 atom stereocenters. The average Bonchev–Trinajstić information content (AvgIpc) is 2.56. The first kappa shape index (κ1) is 19.4. The van der Waals surface area contributed by atoms with E-state index < -0.39 is 0 Å². The van der Waals surface area contributed by atoms with Gasteiger partial charge in [-0.2, -0.15) is 0 Å². The summed E-state index contributed by atoms with van der Waals surface area (Å²) in [6.45, 7) is 2.00. The molecule has 2 N–H and O–H groups in total. The fourth-order valence-corrected chi connectivity index (χ4v) is 2.59. The Morgan fingerprint density at radius 1 is 1.20 bits per heavy atom. The number of likely N-dealkylation sites (N-methyl/N-ethyl adjacent to an activating group) is 1. The van der Waals surface area contributed by atoms with Gasteiger partial charge in [0.2, 0.25) is 5.95 Å². The zero-order chi connectivity index (χ0) is 18.2. The third kappa shape index (κ3) is 6.49. The summed E-state index contributed by atoms with van der Waals surface area (Å²) in [5.41, 5.74) is 1.25. The normalized spacial score (nSPS) is 10.8. The Balaban J connectivity index is 1.86. The second-order valence-corrected chi connectivity index (χ2v) is 6.58. The van der Waals surface area contributed by atoms with Crippen LogP contribution in [0.4, 0.5) is 5.95 Å². The third-order valence-electron chi connectivity index (χ3n) is 3.43. The van der Waals surface area contributed by atoms with Gasteiger partial charge in [-0.25, -0.2) is 9.97 Å². The van der Waals surface area contributed by atoms with Crippen molar-refractivity contribution in [2.45, 2.75) is 6.42 Å². The van der Waals surface area contributed by atoms with E-state index in [2.05, 4.69) is 20.6 Å². The van der Waals surface area contributed by atoms with E-state index in [0.29, 0.717) is 41.2 Å². The number of rotatable bonds is 8. The van der Waals surface area contributed by atoms with Crippen LogP contribution in [0.15, 0.2) is 30.5 Å². The number of carbonyl (C=O) groups excluding carboxylic acids is 1. The molecule has 0 unspecified atom stereocenters. The number of aromatic nitrogens is 2. The lowest BCUT2D eigenvalue weighted by Crippen LogP contribution is -2.27. The van der Waals surface area contributed by atoms with Gasteiger partial charge in [-0.15, -0.1) is 0 Å². The first-order chi connectivity index (χ1) is 12.0. The number of amides is 1. The fraction of sp³-hybridized carbons (Fsp3) is 0.353. The average molecular weight is 382 g/mol. The summed E-state index contributed by atoms with van der Waals surface area (Å²) in [4.78, 5) is 22.6. The van der Waals surface area contributed by atoms with E-state index in [1.54, 1.807) is 24.4 Å². The van der Waals surface area contributed by atoms with Crippen LogP contribution >= 0.6 is 23.2 Å². The summed E-state index contributed by atoms with van der Waals surface area (Å²) in [5, 5.41) is 7.11. The number of carbonyl (C=O) groups is 1. The summed E-state index contributed by atoms with van der Waals surface area (Å²) in [6, 6.07) is 6.91. The van der Waals surface area contributed by atoms with Crippen molar-refractivity contribution in [2.75, 3.05) is 39.0 Å². The van der Waals surface area contributed by atoms with Crippen molar-refractivity contribution in [2.24, 2.45) is 0 Å². The maximum absolute atomic E-state index is 12.2. The second kappa shape index (κ2) is 9.56. The van der Waals surface area contributed by atoms with Gasteiger partial charge < -0.3 is 15.5 Å². The van der Waals surface area contributed by atoms with Gasteiger partial charge in [0, 0.05) is 35.9 Å². The van der Waals surface area contributed by atoms with Crippen molar-refractivity contribution in [3.63, 3.8) is 0 Å². The Morgan fingerprint density at radius 3 is 2.72 bits per heavy atom. The van der Waals surface area contributed by atoms with Gasteiger partial charge in [0.05, 0.1) is 0 Å². The molecule has 0 aliphatic heterocycles. The molecule has 0 saturated carbocycles. The smallest absolute Gasteiger partial charge is 0.270 e. The van der Waals surface area contributed by atoms with Crippen molar-refractivity contribution < 1.29 is 4.79 Å². The highest BCUT2D eigenvalue weighted by Crippen LogP contribution is 2.21. The molecule has 1 amide bonds. The molecule has 1 heterocycles. The molecule has 1 aromatic heterocycles. The summed E-state index contributed by atoms with van der Waals surface area (Å²) >= 11 is 12.0. The molecule has 2 rings (SSSR count). The van der Waals surface area contributed by atoms with E-state index in [0.717, 1.165) is 12.1 Å². The summed E-state index contributed by atoms with van der Waals surface area (Å²) < 4.78 is 0. The van der Waals surface area contributed by atoms with Gasteiger partial charge in [-0.1, -0.05) is 29.3 Å². The number of nitrogens with zero attached hydrogens (tertiary/aromatic N) is 3. The van der Waals surface area contributed by atoms with Crippen LogP contribution in [0.5, 0.6) is 0 Å². The van der Waals surface area contributed by atoms with Crippen molar-refractivity contribution in [1.29, 1.82) is 0 Å². The highest BCUT2D eigenvalue weighted by molar-refractivity contribution is 6.35. The first-order valence-electron chi connectivity index (χ1n) is 7.89. The van der Waals surface area contributed by atoms with Gasteiger partial charge in [0.1, 0.15) is 5.69 Å². The maximum atomic E-state index is 12.2. The van der Waals surface area contributed by atoms with Crippen LogP contribution < -0.4 is 10.6 Å². The minimum atomic E-state index is -0.247. The van der Waals surface area contributed by atoms with E-state index in [4.69, 9.17) is 23.2 Å². The molecule has 6 nitrogen and oxygen atoms in total. The molecule has 2 aromatic rings. The van der Waals surface area contributed by atoms with E-state index in [9.17, 15) is 4.79 Å². The number of benzene rings is 1. The summed E-state index contributed by atoms with van der Waals surface area (Å²) in [6.07, 6.45) is 2.18. The Morgan fingerprint density at radius 2 is 2.00 bits per heavy atom. The number of nitrogens with one attached hydrogen (secondary N) is 2. The number of hydrogen-bond donors (Lipinski definition) is 2. The van der Waals surface area contributed by atoms with Gasteiger partial charge in [0.15, 0.2) is 0 Å². The standard InChI is InChI=1S/C17H21Cl2N5O/c1-24(2)10-9-22-17-21-8-6-15(23-17)16(25)20-7-5-12-3-4-13(18)11-14(12)19/h3-4,6,8,11H,5,7,9-10H2,1-2H3,(H,20,25)(H,21,22,23). The molecule has 0 radical (unpaired) electrons. The number of anilines is 1. The monoisotopic (exact) mass is 381 g/mol. The Labute approximate surface area is 157 Å². The third-order valence-corrected chi connectivity index (χ3v) is 4.01. The van der Waals surface area contributed by atoms with Crippen molar-refractivity contribution in [3.05, 3.63) is 51.8 Å². The largest absolute Gasteiger partial charge is 0.353 e. The van der Waals surface area contributed by atoms with Crippen LogP contribution in [0, 0.1) is 0 Å². The van der Waals surface area contributed by atoms with E-state index in [1.165, 1.54) is 0 Å². The zero-order valence-electron chi connectivity index (χ0n) is 14.2. The predicted molar refractivity (Wildman–Crippen MR) is 102 cm³/mol. The molecule has 0 saturated heterocycles. The first-order valence-corrected chi connectivity index (χ1v) is 8.65. The molecule has 25 heavy (non-hydrogen) atoms. The highest BCUT2D eigenvalue weighted by atomic mass is 35.5. The van der Waals surface area contributed by atoms with Gasteiger partial charge in [-0.3, -0.25) is 4.79 Å². The minimum Gasteiger partial charge on any atom is -0.353 e. The van der Waals surface area contributed by atoms with Crippen LogP contribution in [0.3, 0.4) is 0 Å². The molecule has 0 aliphatic carbocycles. The second-order valence-electron chi connectivity index (χ2n) is 5.74. The van der Waals surface area contributed by atoms with Crippen LogP contribution in [-0.2, 0) is 6.42 Å². The molecule has 134 valence electrons. The maximum Gasteiger partial charge on any atom is 0.270 e. The zero-order valence-corrected chi connectivity index (χ0v) is 15.7. The Hall–Kier alpha value is -1.89. The molecular formula is C17H21Cl2N5O. The quantitative estimate of drug-likeness (QED) is 0.735. The molecule has 8 heteroatoms. The molecule has 0 aliphatic rings. The van der Waals surface area contributed by atoms with Crippen molar-refractivity contribution in [3.8, 4) is 0 Å². The molecule has 0 bridgehead atoms. The molecule has 0 fully saturated rings. The van der Waals surface area contributed by atoms with E-state index in [1.807, 2.05) is 25.1 Å². The van der Waals surface area contributed by atoms with E-state index in [-0.39, 0.29) is 5.91 Å². The van der Waals surface area contributed by atoms with E-state index >= 15 is 0 Å². The van der Waals surface area contributed by atoms with Gasteiger partial charge >= 0.3 is 0 Å². The lowest BCUT2D eigenvalue weighted by molar-refractivity contribution is 0.0949. The van der Waals surface area contributed by atoms with Crippen LogP contribution in [0.1, 0.15) is 16.1 Å². The Kier molecular flexibility index (Phi) is 7.43. The minimum absolute atomic E-state index is 0.247. The lowest BCUT2D eigenvalue weighted by Gasteiger charge is -2.11. The molecular weight excluding hydrogens is 361 g/mol. The van der Waals surface area contributed by atoms with Crippen LogP contribution in [0.2, 0.25) is 10.0 Å². The fourth-order valence-electron chi connectivity index (χ4n) is 2.09. The highest BCUT2D eigenvalue weighted by Gasteiger charge is 2.09. The number of halogens is 2. The summed E-state index contributed by atoms with van der Waals surface area (Å²) in [5.74, 6) is 0.193. The predicted octanol–water partition coefficient (Wildman–Crippen LogP) is 2.73. The Bertz CT molecular complexity index is 724. The summed E-state index contributed by atoms with van der Waals surface area (Å²) in [7, 11) is 3.97. The molecule has 0 spiro atoms. The van der Waals surface area contributed by atoms with Crippen molar-refractivity contribution in [1.82, 2.24) is 20.2 Å². The van der Waals surface area contributed by atoms with Crippen LogP contribution in [0.25, 0.3) is 0 Å². The SMILES string of the molecule is CN(C)CCNc1nccc(C(=O)NCCc2ccc(Cl)cc2Cl)n1. The van der Waals surface area contributed by atoms with Gasteiger partial charge in [0.25, 0.3) is 5.91 Å². The number of hydrogen-bond acceptors (Lipinski definition) is 5. The lowest BCUT2D eigenvalue weighted by atomic mass is 10.1. The topological polar surface area (TPSA) is 70.2 Å². The van der Waals surface area contributed by atoms with Gasteiger partial charge in [-0.05, 0) is 44.3 Å².